The maximum absolute atomic E-state index is 13.5. The Bertz CT molecular complexity index is 919. The predicted octanol–water partition coefficient (Wildman–Crippen LogP) is 3.02. The monoisotopic (exact) mass is 382 g/mol. The Morgan fingerprint density at radius 3 is 2.96 bits per heavy atom. The zero-order valence-corrected chi connectivity index (χ0v) is 15.8. The van der Waals surface area contributed by atoms with E-state index in [1.807, 2.05) is 19.1 Å². The first kappa shape index (κ1) is 18.5. The van der Waals surface area contributed by atoms with Crippen LogP contribution in [0.4, 0.5) is 10.2 Å². The van der Waals surface area contributed by atoms with Crippen LogP contribution in [0.1, 0.15) is 48.3 Å². The average Bonchev–Trinajstić information content (AvgIpc) is 2.97. The molecule has 2 amide bonds. The minimum atomic E-state index is -0.510. The van der Waals surface area contributed by atoms with Gasteiger partial charge in [0.1, 0.15) is 17.3 Å². The molecule has 0 bridgehead atoms. The van der Waals surface area contributed by atoms with Gasteiger partial charge in [0.05, 0.1) is 5.41 Å². The van der Waals surface area contributed by atoms with Crippen molar-refractivity contribution in [3.63, 3.8) is 0 Å². The zero-order chi connectivity index (χ0) is 19.7. The van der Waals surface area contributed by atoms with Gasteiger partial charge in [-0.3, -0.25) is 14.5 Å². The third-order valence-corrected chi connectivity index (χ3v) is 5.80. The van der Waals surface area contributed by atoms with E-state index in [2.05, 4.69) is 15.3 Å². The highest BCUT2D eigenvalue weighted by atomic mass is 19.1. The van der Waals surface area contributed by atoms with E-state index in [-0.39, 0.29) is 17.9 Å². The molecule has 2 atom stereocenters. The summed E-state index contributed by atoms with van der Waals surface area (Å²) in [6, 6.07) is 7.84. The van der Waals surface area contributed by atoms with Crippen LogP contribution in [0.15, 0.2) is 36.5 Å². The van der Waals surface area contributed by atoms with Gasteiger partial charge < -0.3 is 5.32 Å². The molecule has 2 aromatic heterocycles. The third kappa shape index (κ3) is 3.48. The number of nitrogens with one attached hydrogen (secondary N) is 1. The highest BCUT2D eigenvalue weighted by Gasteiger charge is 2.50. The van der Waals surface area contributed by atoms with Crippen LogP contribution in [0, 0.1) is 18.2 Å². The van der Waals surface area contributed by atoms with Gasteiger partial charge in [-0.25, -0.2) is 14.4 Å². The molecule has 2 aromatic rings. The first-order chi connectivity index (χ1) is 13.5. The molecule has 0 unspecified atom stereocenters. The fourth-order valence-corrected chi connectivity index (χ4v) is 4.42. The summed E-state index contributed by atoms with van der Waals surface area (Å²) in [6.07, 6.45) is 5.15. The van der Waals surface area contributed by atoms with E-state index >= 15 is 0 Å². The Balaban J connectivity index is 1.47. The molecule has 7 heteroatoms. The SMILES string of the molecule is Cc1cccc(C(=O)N[C@@H]2CCC[C@]3(CCN(c4cc(F)ccn4)C3=O)C2)n1. The van der Waals surface area contributed by atoms with Crippen molar-refractivity contribution in [2.24, 2.45) is 5.41 Å². The summed E-state index contributed by atoms with van der Waals surface area (Å²) in [6.45, 7) is 2.37. The van der Waals surface area contributed by atoms with Gasteiger partial charge in [0.15, 0.2) is 0 Å². The topological polar surface area (TPSA) is 75.2 Å². The lowest BCUT2D eigenvalue weighted by Crippen LogP contribution is -2.46. The number of hydrogen-bond donors (Lipinski definition) is 1. The number of pyridine rings is 2. The van der Waals surface area contributed by atoms with Crippen LogP contribution in [0.5, 0.6) is 0 Å². The molecule has 1 N–H and O–H groups in total. The number of nitrogens with zero attached hydrogens (tertiary/aromatic N) is 3. The minimum absolute atomic E-state index is 0.0155. The standard InChI is InChI=1S/C21H23FN4O2/c1-14-4-2-6-17(24-14)19(27)25-16-5-3-8-21(13-16)9-11-26(20(21)28)18-12-15(22)7-10-23-18/h2,4,6-7,10,12,16H,3,5,8-9,11,13H2,1H3,(H,25,27)/t16-,21+/m1/s1. The van der Waals surface area contributed by atoms with Gasteiger partial charge in [0, 0.05) is 30.5 Å². The van der Waals surface area contributed by atoms with E-state index in [9.17, 15) is 14.0 Å². The van der Waals surface area contributed by atoms with Crippen LogP contribution in [-0.2, 0) is 4.79 Å². The maximum Gasteiger partial charge on any atom is 0.270 e. The molecule has 2 aliphatic rings. The molecule has 1 aliphatic heterocycles. The summed E-state index contributed by atoms with van der Waals surface area (Å²) in [4.78, 5) is 35.7. The largest absolute Gasteiger partial charge is 0.348 e. The van der Waals surface area contributed by atoms with Crippen molar-refractivity contribution in [2.75, 3.05) is 11.4 Å². The Labute approximate surface area is 163 Å². The molecule has 0 radical (unpaired) electrons. The van der Waals surface area contributed by atoms with Crippen LogP contribution >= 0.6 is 0 Å². The molecule has 6 nitrogen and oxygen atoms in total. The molecule has 1 spiro atoms. The zero-order valence-electron chi connectivity index (χ0n) is 15.8. The van der Waals surface area contributed by atoms with Gasteiger partial charge in [-0.15, -0.1) is 0 Å². The predicted molar refractivity (Wildman–Crippen MR) is 102 cm³/mol. The summed E-state index contributed by atoms with van der Waals surface area (Å²) in [5.41, 5.74) is 0.671. The number of carbonyl (C=O) groups excluding carboxylic acids is 2. The van der Waals surface area contributed by atoms with Crippen LogP contribution in [0.3, 0.4) is 0 Å². The summed E-state index contributed by atoms with van der Waals surface area (Å²) in [7, 11) is 0. The number of aryl methyl sites for hydroxylation is 1. The van der Waals surface area contributed by atoms with Crippen molar-refractivity contribution >= 4 is 17.6 Å². The second-order valence-electron chi connectivity index (χ2n) is 7.75. The lowest BCUT2D eigenvalue weighted by Gasteiger charge is -2.36. The van der Waals surface area contributed by atoms with Crippen molar-refractivity contribution in [3.8, 4) is 0 Å². The first-order valence-corrected chi connectivity index (χ1v) is 9.65. The van der Waals surface area contributed by atoms with Crippen LogP contribution in [0.25, 0.3) is 0 Å². The van der Waals surface area contributed by atoms with E-state index in [0.29, 0.717) is 30.9 Å². The van der Waals surface area contributed by atoms with Crippen LogP contribution < -0.4 is 10.2 Å². The Kier molecular flexibility index (Phi) is 4.83. The molecule has 2 fully saturated rings. The van der Waals surface area contributed by atoms with E-state index in [1.165, 1.54) is 18.3 Å². The maximum atomic E-state index is 13.5. The molecule has 28 heavy (non-hydrogen) atoms. The number of amides is 2. The van der Waals surface area contributed by atoms with Gasteiger partial charge >= 0.3 is 0 Å². The molecular formula is C21H23FN4O2. The highest BCUT2D eigenvalue weighted by molar-refractivity contribution is 5.99. The number of rotatable bonds is 3. The summed E-state index contributed by atoms with van der Waals surface area (Å²) in [5.74, 6) is -0.270. The Morgan fingerprint density at radius 2 is 2.18 bits per heavy atom. The second kappa shape index (κ2) is 7.30. The molecular weight excluding hydrogens is 359 g/mol. The molecule has 1 saturated heterocycles. The number of aromatic nitrogens is 2. The van der Waals surface area contributed by atoms with Gasteiger partial charge in [-0.1, -0.05) is 12.5 Å². The second-order valence-corrected chi connectivity index (χ2v) is 7.75. The van der Waals surface area contributed by atoms with Gasteiger partial charge in [-0.05, 0) is 50.8 Å². The van der Waals surface area contributed by atoms with E-state index < -0.39 is 11.2 Å². The van der Waals surface area contributed by atoms with Crippen molar-refractivity contribution in [1.82, 2.24) is 15.3 Å². The van der Waals surface area contributed by atoms with Gasteiger partial charge in [0.2, 0.25) is 5.91 Å². The molecule has 0 aromatic carbocycles. The van der Waals surface area contributed by atoms with Crippen molar-refractivity contribution in [1.29, 1.82) is 0 Å². The first-order valence-electron chi connectivity index (χ1n) is 9.65. The quantitative estimate of drug-likeness (QED) is 0.885. The Morgan fingerprint density at radius 1 is 1.32 bits per heavy atom. The fourth-order valence-electron chi connectivity index (χ4n) is 4.42. The van der Waals surface area contributed by atoms with Crippen molar-refractivity contribution in [2.45, 2.75) is 45.1 Å². The van der Waals surface area contributed by atoms with E-state index in [4.69, 9.17) is 0 Å². The molecule has 1 aliphatic carbocycles. The van der Waals surface area contributed by atoms with Crippen LogP contribution in [0.2, 0.25) is 0 Å². The molecule has 146 valence electrons. The number of halogens is 1. The smallest absolute Gasteiger partial charge is 0.270 e. The number of carbonyl (C=O) groups is 2. The highest BCUT2D eigenvalue weighted by Crippen LogP contribution is 2.45. The lowest BCUT2D eigenvalue weighted by atomic mass is 9.71. The molecule has 1 saturated carbocycles. The van der Waals surface area contributed by atoms with Gasteiger partial charge in [0.25, 0.3) is 5.91 Å². The normalized spacial score (nSPS) is 24.6. The molecule has 4 rings (SSSR count). The molecule has 3 heterocycles. The lowest BCUT2D eigenvalue weighted by molar-refractivity contribution is -0.127. The fraction of sp³-hybridized carbons (Fsp3) is 0.429. The summed E-state index contributed by atoms with van der Waals surface area (Å²) < 4.78 is 13.5. The minimum Gasteiger partial charge on any atom is -0.348 e. The summed E-state index contributed by atoms with van der Waals surface area (Å²) >= 11 is 0. The number of hydrogen-bond acceptors (Lipinski definition) is 4. The van der Waals surface area contributed by atoms with E-state index in [0.717, 1.165) is 25.0 Å². The van der Waals surface area contributed by atoms with Crippen LogP contribution in [-0.4, -0.2) is 34.4 Å². The van der Waals surface area contributed by atoms with Crippen molar-refractivity contribution < 1.29 is 14.0 Å². The van der Waals surface area contributed by atoms with Gasteiger partial charge in [-0.2, -0.15) is 0 Å². The average molecular weight is 382 g/mol. The number of anilines is 1. The van der Waals surface area contributed by atoms with Crippen molar-refractivity contribution in [3.05, 3.63) is 53.7 Å². The Hall–Kier alpha value is -2.83. The van der Waals surface area contributed by atoms with E-state index in [1.54, 1.807) is 11.0 Å². The summed E-state index contributed by atoms with van der Waals surface area (Å²) in [5, 5.41) is 3.05. The third-order valence-electron chi connectivity index (χ3n) is 5.80.